The maximum absolute atomic E-state index is 11.7. The lowest BCUT2D eigenvalue weighted by molar-refractivity contribution is -0.119. The molecule has 0 aliphatic rings. The molecule has 0 radical (unpaired) electrons. The highest BCUT2D eigenvalue weighted by molar-refractivity contribution is 8.00. The summed E-state index contributed by atoms with van der Waals surface area (Å²) in [5, 5.41) is 9.61. The van der Waals surface area contributed by atoms with Gasteiger partial charge in [0.2, 0.25) is 11.8 Å². The van der Waals surface area contributed by atoms with Crippen LogP contribution in [0.25, 0.3) is 11.5 Å². The number of carbonyl (C=O) groups is 2. The standard InChI is InChI=1S/C14H15N3O4S/c1-8-5-4-6-10(7-8)12-16-17-14(21-12)22-9(2)11(18)15-13(19)20-3/h4-7,9H,1-3H3,(H,15,18,19)/t9-/m1/s1. The molecule has 0 spiro atoms. The molecule has 7 nitrogen and oxygen atoms in total. The van der Waals surface area contributed by atoms with E-state index in [4.69, 9.17) is 4.42 Å². The molecule has 0 aliphatic heterocycles. The molecule has 1 aromatic carbocycles. The van der Waals surface area contributed by atoms with Gasteiger partial charge in [0.15, 0.2) is 0 Å². The number of hydrogen-bond donors (Lipinski definition) is 1. The lowest BCUT2D eigenvalue weighted by atomic mass is 10.1. The van der Waals surface area contributed by atoms with Gasteiger partial charge in [-0.05, 0) is 26.0 Å². The van der Waals surface area contributed by atoms with Crippen LogP contribution in [0.3, 0.4) is 0 Å². The summed E-state index contributed by atoms with van der Waals surface area (Å²) in [6, 6.07) is 7.65. The fraction of sp³-hybridized carbons (Fsp3) is 0.286. The van der Waals surface area contributed by atoms with E-state index >= 15 is 0 Å². The van der Waals surface area contributed by atoms with Crippen LogP contribution in [0.2, 0.25) is 0 Å². The first-order chi connectivity index (χ1) is 10.5. The minimum atomic E-state index is -0.802. The number of alkyl carbamates (subject to hydrolysis) is 1. The number of benzene rings is 1. The Morgan fingerprint density at radius 3 is 2.82 bits per heavy atom. The Hall–Kier alpha value is -2.35. The van der Waals surface area contributed by atoms with Gasteiger partial charge in [-0.25, -0.2) is 4.79 Å². The molecular formula is C14H15N3O4S. The lowest BCUT2D eigenvalue weighted by Gasteiger charge is -2.07. The molecule has 1 atom stereocenters. The third-order valence-corrected chi connectivity index (χ3v) is 3.66. The summed E-state index contributed by atoms with van der Waals surface area (Å²) in [5.74, 6) is -0.112. The summed E-state index contributed by atoms with van der Waals surface area (Å²) in [4.78, 5) is 22.7. The van der Waals surface area contributed by atoms with E-state index < -0.39 is 17.3 Å². The van der Waals surface area contributed by atoms with Gasteiger partial charge >= 0.3 is 6.09 Å². The number of nitrogens with one attached hydrogen (secondary N) is 1. The maximum atomic E-state index is 11.7. The number of aryl methyl sites for hydroxylation is 1. The summed E-state index contributed by atoms with van der Waals surface area (Å²) >= 11 is 1.06. The maximum Gasteiger partial charge on any atom is 0.413 e. The monoisotopic (exact) mass is 321 g/mol. The molecule has 0 aliphatic carbocycles. The van der Waals surface area contributed by atoms with Gasteiger partial charge in [-0.2, -0.15) is 0 Å². The first kappa shape index (κ1) is 16.0. The fourth-order valence-electron chi connectivity index (χ4n) is 1.61. The number of methoxy groups -OCH3 is 1. The molecule has 22 heavy (non-hydrogen) atoms. The van der Waals surface area contributed by atoms with Gasteiger partial charge in [0.05, 0.1) is 12.4 Å². The van der Waals surface area contributed by atoms with Gasteiger partial charge < -0.3 is 9.15 Å². The second kappa shape index (κ2) is 7.08. The predicted octanol–water partition coefficient (Wildman–Crippen LogP) is 2.41. The van der Waals surface area contributed by atoms with Gasteiger partial charge in [0.25, 0.3) is 5.22 Å². The molecule has 0 bridgehead atoms. The molecule has 2 rings (SSSR count). The zero-order chi connectivity index (χ0) is 16.1. The Morgan fingerprint density at radius 1 is 1.36 bits per heavy atom. The van der Waals surface area contributed by atoms with Crippen LogP contribution >= 0.6 is 11.8 Å². The number of imide groups is 1. The molecule has 0 unspecified atom stereocenters. The largest absolute Gasteiger partial charge is 0.453 e. The Bertz CT molecular complexity index is 686. The van der Waals surface area contributed by atoms with Crippen LogP contribution in [-0.2, 0) is 9.53 Å². The summed E-state index contributed by atoms with van der Waals surface area (Å²) in [5.41, 5.74) is 1.89. The van der Waals surface area contributed by atoms with Crippen molar-refractivity contribution in [2.75, 3.05) is 7.11 Å². The highest BCUT2D eigenvalue weighted by Crippen LogP contribution is 2.26. The van der Waals surface area contributed by atoms with Crippen molar-refractivity contribution in [3.05, 3.63) is 29.8 Å². The molecule has 8 heteroatoms. The SMILES string of the molecule is COC(=O)NC(=O)[C@@H](C)Sc1nnc(-c2cccc(C)c2)o1. The number of amides is 2. The summed E-state index contributed by atoms with van der Waals surface area (Å²) < 4.78 is 9.88. The molecule has 0 saturated heterocycles. The van der Waals surface area contributed by atoms with Crippen LogP contribution in [0.15, 0.2) is 33.9 Å². The Balaban J connectivity index is 2.03. The van der Waals surface area contributed by atoms with Crippen molar-refractivity contribution in [3.63, 3.8) is 0 Å². The van der Waals surface area contributed by atoms with Crippen LogP contribution < -0.4 is 5.32 Å². The molecule has 1 heterocycles. The number of ether oxygens (including phenoxy) is 1. The Kier molecular flexibility index (Phi) is 5.16. The molecule has 0 fully saturated rings. The molecule has 1 aromatic heterocycles. The van der Waals surface area contributed by atoms with E-state index in [0.717, 1.165) is 22.9 Å². The molecule has 0 saturated carbocycles. The third-order valence-electron chi connectivity index (χ3n) is 2.73. The zero-order valence-corrected chi connectivity index (χ0v) is 13.1. The summed E-state index contributed by atoms with van der Waals surface area (Å²) in [6.07, 6.45) is -0.802. The Labute approximate surface area is 131 Å². The quantitative estimate of drug-likeness (QED) is 0.864. The number of thioether (sulfide) groups is 1. The number of rotatable bonds is 4. The number of aromatic nitrogens is 2. The third kappa shape index (κ3) is 4.08. The molecule has 2 aromatic rings. The normalized spacial score (nSPS) is 11.8. The minimum absolute atomic E-state index is 0.254. The summed E-state index contributed by atoms with van der Waals surface area (Å²) in [6.45, 7) is 3.59. The zero-order valence-electron chi connectivity index (χ0n) is 12.3. The van der Waals surface area contributed by atoms with E-state index in [-0.39, 0.29) is 5.22 Å². The lowest BCUT2D eigenvalue weighted by Crippen LogP contribution is -2.35. The van der Waals surface area contributed by atoms with Crippen LogP contribution in [0.4, 0.5) is 4.79 Å². The van der Waals surface area contributed by atoms with Crippen molar-refractivity contribution >= 4 is 23.8 Å². The van der Waals surface area contributed by atoms with E-state index in [2.05, 4.69) is 20.3 Å². The first-order valence-corrected chi connectivity index (χ1v) is 7.33. The van der Waals surface area contributed by atoms with E-state index in [0.29, 0.717) is 5.89 Å². The highest BCUT2D eigenvalue weighted by Gasteiger charge is 2.20. The van der Waals surface area contributed by atoms with Crippen LogP contribution in [0.1, 0.15) is 12.5 Å². The molecule has 116 valence electrons. The van der Waals surface area contributed by atoms with E-state index in [9.17, 15) is 9.59 Å². The van der Waals surface area contributed by atoms with Crippen molar-refractivity contribution in [3.8, 4) is 11.5 Å². The second-order valence-corrected chi connectivity index (χ2v) is 5.78. The molecule has 1 N–H and O–H groups in total. The average molecular weight is 321 g/mol. The molecule has 2 amide bonds. The van der Waals surface area contributed by atoms with Crippen LogP contribution in [-0.4, -0.2) is 34.6 Å². The van der Waals surface area contributed by atoms with Gasteiger partial charge in [-0.1, -0.05) is 29.5 Å². The van der Waals surface area contributed by atoms with E-state index in [1.54, 1.807) is 6.92 Å². The van der Waals surface area contributed by atoms with Crippen molar-refractivity contribution in [2.45, 2.75) is 24.3 Å². The first-order valence-electron chi connectivity index (χ1n) is 6.45. The van der Waals surface area contributed by atoms with E-state index in [1.165, 1.54) is 7.11 Å². The van der Waals surface area contributed by atoms with Crippen molar-refractivity contribution < 1.29 is 18.7 Å². The fourth-order valence-corrected chi connectivity index (χ4v) is 2.29. The van der Waals surface area contributed by atoms with Gasteiger partial charge in [-0.15, -0.1) is 10.2 Å². The Morgan fingerprint density at radius 2 is 2.14 bits per heavy atom. The van der Waals surface area contributed by atoms with E-state index in [1.807, 2.05) is 31.2 Å². The van der Waals surface area contributed by atoms with Crippen molar-refractivity contribution in [1.82, 2.24) is 15.5 Å². The van der Waals surface area contributed by atoms with Gasteiger partial charge in [-0.3, -0.25) is 10.1 Å². The predicted molar refractivity (Wildman–Crippen MR) is 80.3 cm³/mol. The van der Waals surface area contributed by atoms with Gasteiger partial charge in [0.1, 0.15) is 0 Å². The second-order valence-electron chi connectivity index (χ2n) is 4.48. The van der Waals surface area contributed by atoms with Crippen LogP contribution in [0, 0.1) is 6.92 Å². The number of carbonyl (C=O) groups excluding carboxylic acids is 2. The minimum Gasteiger partial charge on any atom is -0.453 e. The van der Waals surface area contributed by atoms with Crippen molar-refractivity contribution in [2.24, 2.45) is 0 Å². The smallest absolute Gasteiger partial charge is 0.413 e. The number of hydrogen-bond acceptors (Lipinski definition) is 7. The summed E-state index contributed by atoms with van der Waals surface area (Å²) in [7, 11) is 1.19. The average Bonchev–Trinajstić information content (AvgIpc) is 2.95. The van der Waals surface area contributed by atoms with Gasteiger partial charge in [0, 0.05) is 5.56 Å². The van der Waals surface area contributed by atoms with Crippen LogP contribution in [0.5, 0.6) is 0 Å². The van der Waals surface area contributed by atoms with Crippen molar-refractivity contribution in [1.29, 1.82) is 0 Å². The topological polar surface area (TPSA) is 94.3 Å². The number of nitrogens with zero attached hydrogens (tertiary/aromatic N) is 2. The molecular weight excluding hydrogens is 306 g/mol. The highest BCUT2D eigenvalue weighted by atomic mass is 32.2.